The van der Waals surface area contributed by atoms with Gasteiger partial charge in [0.1, 0.15) is 18.1 Å². The molecule has 3 rings (SSSR count). The Labute approximate surface area is 165 Å². The number of rotatable bonds is 6. The van der Waals surface area contributed by atoms with Crippen LogP contribution in [0.4, 0.5) is 0 Å². The van der Waals surface area contributed by atoms with E-state index in [2.05, 4.69) is 0 Å². The zero-order valence-electron chi connectivity index (χ0n) is 16.3. The summed E-state index contributed by atoms with van der Waals surface area (Å²) in [5, 5.41) is 0. The summed E-state index contributed by atoms with van der Waals surface area (Å²) in [7, 11) is 1.60. The molecule has 6 heteroatoms. The van der Waals surface area contributed by atoms with Crippen molar-refractivity contribution in [2.45, 2.75) is 26.4 Å². The number of likely N-dealkylation sites (tertiary alicyclic amines) is 1. The maximum absolute atomic E-state index is 12.9. The molecule has 2 amide bonds. The number of nitrogens with zero attached hydrogens (tertiary/aromatic N) is 1. The zero-order valence-corrected chi connectivity index (χ0v) is 16.3. The number of carbonyl (C=O) groups excluding carboxylic acids is 2. The molecule has 148 valence electrons. The van der Waals surface area contributed by atoms with Gasteiger partial charge >= 0.3 is 0 Å². The molecule has 1 aliphatic rings. The Morgan fingerprint density at radius 1 is 1.11 bits per heavy atom. The Hall–Kier alpha value is -3.02. The van der Waals surface area contributed by atoms with Crippen molar-refractivity contribution in [1.29, 1.82) is 0 Å². The van der Waals surface area contributed by atoms with Gasteiger partial charge in [-0.25, -0.2) is 0 Å². The standard InChI is InChI=1S/C22H26N2O4/c1-15-5-3-4-6-19(15)28-14-18-13-17(7-8-20(18)27-2)22(26)24-11-9-16(10-12-24)21(23)25/h3-8,13,16H,9-12,14H2,1-2H3,(H2,23,25). The first kappa shape index (κ1) is 19.7. The Bertz CT molecular complexity index is 857. The van der Waals surface area contributed by atoms with Crippen LogP contribution in [0.2, 0.25) is 0 Å². The molecule has 0 radical (unpaired) electrons. The summed E-state index contributed by atoms with van der Waals surface area (Å²) >= 11 is 0. The second-order valence-electron chi connectivity index (χ2n) is 7.05. The summed E-state index contributed by atoms with van der Waals surface area (Å²) in [6.45, 7) is 3.36. The number of hydrogen-bond acceptors (Lipinski definition) is 4. The van der Waals surface area contributed by atoms with Crippen LogP contribution in [0.5, 0.6) is 11.5 Å². The number of ether oxygens (including phenoxy) is 2. The molecule has 2 N–H and O–H groups in total. The van der Waals surface area contributed by atoms with Gasteiger partial charge < -0.3 is 20.1 Å². The van der Waals surface area contributed by atoms with Crippen molar-refractivity contribution in [3.63, 3.8) is 0 Å². The highest BCUT2D eigenvalue weighted by atomic mass is 16.5. The van der Waals surface area contributed by atoms with Crippen LogP contribution in [-0.2, 0) is 11.4 Å². The Kier molecular flexibility index (Phi) is 6.19. The van der Waals surface area contributed by atoms with E-state index in [9.17, 15) is 9.59 Å². The third-order valence-corrected chi connectivity index (χ3v) is 5.19. The lowest BCUT2D eigenvalue weighted by atomic mass is 9.95. The zero-order chi connectivity index (χ0) is 20.1. The second-order valence-corrected chi connectivity index (χ2v) is 7.05. The van der Waals surface area contributed by atoms with Crippen LogP contribution in [0, 0.1) is 12.8 Å². The molecule has 6 nitrogen and oxygen atoms in total. The van der Waals surface area contributed by atoms with Crippen molar-refractivity contribution >= 4 is 11.8 Å². The van der Waals surface area contributed by atoms with Crippen LogP contribution >= 0.6 is 0 Å². The van der Waals surface area contributed by atoms with Crippen LogP contribution in [0.15, 0.2) is 42.5 Å². The molecule has 0 aromatic heterocycles. The average Bonchev–Trinajstić information content (AvgIpc) is 2.72. The van der Waals surface area contributed by atoms with E-state index in [4.69, 9.17) is 15.2 Å². The summed E-state index contributed by atoms with van der Waals surface area (Å²) in [5.41, 5.74) is 7.81. The molecule has 0 unspecified atom stereocenters. The van der Waals surface area contributed by atoms with Crippen molar-refractivity contribution in [2.75, 3.05) is 20.2 Å². The molecule has 1 saturated heterocycles. The first-order valence-electron chi connectivity index (χ1n) is 9.43. The Balaban J connectivity index is 1.72. The highest BCUT2D eigenvalue weighted by Crippen LogP contribution is 2.25. The first-order valence-corrected chi connectivity index (χ1v) is 9.43. The van der Waals surface area contributed by atoms with E-state index in [1.807, 2.05) is 37.3 Å². The predicted molar refractivity (Wildman–Crippen MR) is 106 cm³/mol. The van der Waals surface area contributed by atoms with E-state index in [1.54, 1.807) is 24.1 Å². The summed E-state index contributed by atoms with van der Waals surface area (Å²) in [4.78, 5) is 26.0. The van der Waals surface area contributed by atoms with E-state index in [-0.39, 0.29) is 17.7 Å². The van der Waals surface area contributed by atoms with Gasteiger partial charge in [-0.15, -0.1) is 0 Å². The van der Waals surface area contributed by atoms with Crippen molar-refractivity contribution < 1.29 is 19.1 Å². The third kappa shape index (κ3) is 4.44. The van der Waals surface area contributed by atoms with E-state index in [0.717, 1.165) is 16.9 Å². The largest absolute Gasteiger partial charge is 0.496 e. The molecule has 2 aromatic carbocycles. The van der Waals surface area contributed by atoms with Gasteiger partial charge in [0.25, 0.3) is 5.91 Å². The summed E-state index contributed by atoms with van der Waals surface area (Å²) in [6, 6.07) is 13.2. The van der Waals surface area contributed by atoms with Crippen LogP contribution in [0.3, 0.4) is 0 Å². The topological polar surface area (TPSA) is 81.9 Å². The van der Waals surface area contributed by atoms with Gasteiger partial charge in [-0.05, 0) is 49.6 Å². The summed E-state index contributed by atoms with van der Waals surface area (Å²) < 4.78 is 11.4. The number of piperidine rings is 1. The minimum absolute atomic E-state index is 0.0530. The quantitative estimate of drug-likeness (QED) is 0.833. The van der Waals surface area contributed by atoms with Gasteiger partial charge in [-0.1, -0.05) is 18.2 Å². The van der Waals surface area contributed by atoms with Crippen molar-refractivity contribution in [2.24, 2.45) is 11.7 Å². The molecule has 0 saturated carbocycles. The van der Waals surface area contributed by atoms with Crippen LogP contribution < -0.4 is 15.2 Å². The number of methoxy groups -OCH3 is 1. The van der Waals surface area contributed by atoms with E-state index < -0.39 is 0 Å². The predicted octanol–water partition coefficient (Wildman–Crippen LogP) is 2.92. The molecule has 0 atom stereocenters. The summed E-state index contributed by atoms with van der Waals surface area (Å²) in [5.74, 6) is 1.00. The normalized spacial score (nSPS) is 14.6. The number of carbonyl (C=O) groups is 2. The van der Waals surface area contributed by atoms with E-state index in [0.29, 0.717) is 43.9 Å². The number of primary amides is 1. The smallest absolute Gasteiger partial charge is 0.253 e. The molecule has 0 bridgehead atoms. The Morgan fingerprint density at radius 2 is 1.82 bits per heavy atom. The fourth-order valence-electron chi connectivity index (χ4n) is 3.45. The maximum Gasteiger partial charge on any atom is 0.253 e. The Morgan fingerprint density at radius 3 is 2.46 bits per heavy atom. The molecule has 0 spiro atoms. The molecule has 2 aromatic rings. The van der Waals surface area contributed by atoms with Gasteiger partial charge in [-0.3, -0.25) is 9.59 Å². The minimum Gasteiger partial charge on any atom is -0.496 e. The van der Waals surface area contributed by atoms with E-state index >= 15 is 0 Å². The van der Waals surface area contributed by atoms with Crippen LogP contribution in [-0.4, -0.2) is 36.9 Å². The number of hydrogen-bond donors (Lipinski definition) is 1. The van der Waals surface area contributed by atoms with Crippen LogP contribution in [0.1, 0.15) is 34.3 Å². The minimum atomic E-state index is -0.285. The fourth-order valence-corrected chi connectivity index (χ4v) is 3.45. The fraction of sp³-hybridized carbons (Fsp3) is 0.364. The van der Waals surface area contributed by atoms with Gasteiger partial charge in [0.2, 0.25) is 5.91 Å². The number of benzene rings is 2. The van der Waals surface area contributed by atoms with Gasteiger partial charge in [0, 0.05) is 30.1 Å². The number of nitrogens with two attached hydrogens (primary N) is 1. The molecule has 28 heavy (non-hydrogen) atoms. The molecule has 1 fully saturated rings. The monoisotopic (exact) mass is 382 g/mol. The molecule has 1 heterocycles. The highest BCUT2D eigenvalue weighted by Gasteiger charge is 2.26. The number of aryl methyl sites for hydroxylation is 1. The van der Waals surface area contributed by atoms with Crippen molar-refractivity contribution in [3.8, 4) is 11.5 Å². The average molecular weight is 382 g/mol. The lowest BCUT2D eigenvalue weighted by molar-refractivity contribution is -0.123. The van der Waals surface area contributed by atoms with Crippen molar-refractivity contribution in [1.82, 2.24) is 4.90 Å². The van der Waals surface area contributed by atoms with Gasteiger partial charge in [-0.2, -0.15) is 0 Å². The number of amides is 2. The highest BCUT2D eigenvalue weighted by molar-refractivity contribution is 5.94. The molecule has 0 aliphatic carbocycles. The van der Waals surface area contributed by atoms with E-state index in [1.165, 1.54) is 0 Å². The molecular formula is C22H26N2O4. The maximum atomic E-state index is 12.9. The summed E-state index contributed by atoms with van der Waals surface area (Å²) in [6.07, 6.45) is 1.22. The lowest BCUT2D eigenvalue weighted by Crippen LogP contribution is -2.41. The van der Waals surface area contributed by atoms with Crippen LogP contribution in [0.25, 0.3) is 0 Å². The molecular weight excluding hydrogens is 356 g/mol. The second kappa shape index (κ2) is 8.78. The molecule has 1 aliphatic heterocycles. The SMILES string of the molecule is COc1ccc(C(=O)N2CCC(C(N)=O)CC2)cc1COc1ccccc1C. The first-order chi connectivity index (χ1) is 13.5. The number of para-hydroxylation sites is 1. The third-order valence-electron chi connectivity index (χ3n) is 5.19. The van der Waals surface area contributed by atoms with Crippen molar-refractivity contribution in [3.05, 3.63) is 59.2 Å². The lowest BCUT2D eigenvalue weighted by Gasteiger charge is -2.30. The van der Waals surface area contributed by atoms with Gasteiger partial charge in [0.05, 0.1) is 7.11 Å². The van der Waals surface area contributed by atoms with Gasteiger partial charge in [0.15, 0.2) is 0 Å².